The van der Waals surface area contributed by atoms with Gasteiger partial charge in [-0.3, -0.25) is 14.4 Å². The monoisotopic (exact) mass is 386 g/mol. The topological polar surface area (TPSA) is 75.7 Å². The zero-order valence-corrected chi connectivity index (χ0v) is 15.9. The number of benzene rings is 3. The molecule has 6 heteroatoms. The van der Waals surface area contributed by atoms with Gasteiger partial charge in [-0.2, -0.15) is 0 Å². The Morgan fingerprint density at radius 2 is 1.52 bits per heavy atom. The van der Waals surface area contributed by atoms with Crippen molar-refractivity contribution >= 4 is 29.1 Å². The Balaban J connectivity index is 1.56. The van der Waals surface area contributed by atoms with Gasteiger partial charge in [-0.15, -0.1) is 0 Å². The maximum atomic E-state index is 12.6. The van der Waals surface area contributed by atoms with Crippen molar-refractivity contribution in [2.75, 3.05) is 17.3 Å². The zero-order chi connectivity index (χ0) is 20.5. The third kappa shape index (κ3) is 3.25. The van der Waals surface area contributed by atoms with E-state index < -0.39 is 0 Å². The van der Waals surface area contributed by atoms with Gasteiger partial charge in [-0.25, -0.2) is 4.90 Å². The number of ether oxygens (including phenoxy) is 1. The number of nitrogens with zero attached hydrogens (tertiary/aromatic N) is 1. The molecule has 1 aliphatic rings. The highest BCUT2D eigenvalue weighted by molar-refractivity contribution is 6.34. The molecule has 0 spiro atoms. The van der Waals surface area contributed by atoms with Crippen LogP contribution in [-0.4, -0.2) is 24.8 Å². The van der Waals surface area contributed by atoms with Crippen molar-refractivity contribution in [3.05, 3.63) is 89.0 Å². The van der Waals surface area contributed by atoms with Crippen LogP contribution in [0.25, 0.3) is 0 Å². The van der Waals surface area contributed by atoms with E-state index >= 15 is 0 Å². The van der Waals surface area contributed by atoms with Crippen LogP contribution in [-0.2, 0) is 0 Å². The maximum Gasteiger partial charge on any atom is 0.266 e. The molecule has 6 nitrogen and oxygen atoms in total. The molecule has 0 aliphatic carbocycles. The lowest BCUT2D eigenvalue weighted by Crippen LogP contribution is -2.29. The molecular weight excluding hydrogens is 368 g/mol. The summed E-state index contributed by atoms with van der Waals surface area (Å²) in [6, 6.07) is 18.5. The van der Waals surface area contributed by atoms with Crippen LogP contribution >= 0.6 is 0 Å². The molecule has 0 aromatic heterocycles. The van der Waals surface area contributed by atoms with Gasteiger partial charge in [0.25, 0.3) is 17.7 Å². The predicted octanol–water partition coefficient (Wildman–Crippen LogP) is 4.06. The van der Waals surface area contributed by atoms with Gasteiger partial charge in [0.15, 0.2) is 0 Å². The van der Waals surface area contributed by atoms with Crippen molar-refractivity contribution in [3.63, 3.8) is 0 Å². The summed E-state index contributed by atoms with van der Waals surface area (Å²) in [6.45, 7) is 1.92. The van der Waals surface area contributed by atoms with Gasteiger partial charge in [0.05, 0.1) is 29.6 Å². The molecule has 0 unspecified atom stereocenters. The second-order valence-electron chi connectivity index (χ2n) is 6.70. The average molecular weight is 386 g/mol. The number of aryl methyl sites for hydroxylation is 1. The molecule has 0 saturated heterocycles. The van der Waals surface area contributed by atoms with Gasteiger partial charge in [-0.1, -0.05) is 18.2 Å². The summed E-state index contributed by atoms with van der Waals surface area (Å²) in [6.07, 6.45) is 0. The number of rotatable bonds is 4. The summed E-state index contributed by atoms with van der Waals surface area (Å²) in [5.41, 5.74) is 3.13. The molecule has 3 aromatic rings. The average Bonchev–Trinajstić information content (AvgIpc) is 2.99. The molecule has 144 valence electrons. The minimum Gasteiger partial charge on any atom is -0.495 e. The highest BCUT2D eigenvalue weighted by Gasteiger charge is 2.36. The van der Waals surface area contributed by atoms with Crippen molar-refractivity contribution in [1.29, 1.82) is 0 Å². The molecular formula is C23H18N2O4. The van der Waals surface area contributed by atoms with E-state index in [-0.39, 0.29) is 17.7 Å². The largest absolute Gasteiger partial charge is 0.495 e. The number of carbonyl (C=O) groups excluding carboxylic acids is 3. The summed E-state index contributed by atoms with van der Waals surface area (Å²) < 4.78 is 5.28. The standard InChI is InChI=1S/C23H18N2O4/c1-14-7-12-20(29-2)19(13-14)24-21(26)15-8-10-16(11-9-15)25-22(27)17-5-3-4-6-18(17)23(25)28/h3-13H,1-2H3,(H,24,26). The van der Waals surface area contributed by atoms with Gasteiger partial charge < -0.3 is 10.1 Å². The lowest BCUT2D eigenvalue weighted by Gasteiger charge is -2.15. The molecule has 0 fully saturated rings. The highest BCUT2D eigenvalue weighted by atomic mass is 16.5. The van der Waals surface area contributed by atoms with Crippen molar-refractivity contribution in [1.82, 2.24) is 0 Å². The van der Waals surface area contributed by atoms with Gasteiger partial charge in [0.2, 0.25) is 0 Å². The lowest BCUT2D eigenvalue weighted by molar-refractivity contribution is 0.0925. The van der Waals surface area contributed by atoms with Crippen LogP contribution < -0.4 is 15.0 Å². The van der Waals surface area contributed by atoms with Gasteiger partial charge in [0.1, 0.15) is 5.75 Å². The number of amides is 3. The van der Waals surface area contributed by atoms with E-state index in [2.05, 4.69) is 5.32 Å². The summed E-state index contributed by atoms with van der Waals surface area (Å²) in [5, 5.41) is 2.83. The third-order valence-corrected chi connectivity index (χ3v) is 4.78. The Kier molecular flexibility index (Phi) is 4.60. The molecule has 3 aromatic carbocycles. The first-order valence-corrected chi connectivity index (χ1v) is 9.03. The Morgan fingerprint density at radius 3 is 2.10 bits per heavy atom. The number of fused-ring (bicyclic) bond motifs is 1. The fraction of sp³-hybridized carbons (Fsp3) is 0.0870. The lowest BCUT2D eigenvalue weighted by atomic mass is 10.1. The van der Waals surface area contributed by atoms with Crippen molar-refractivity contribution < 1.29 is 19.1 Å². The molecule has 4 rings (SSSR count). The summed E-state index contributed by atoms with van der Waals surface area (Å²) in [7, 11) is 1.54. The number of nitrogens with one attached hydrogen (secondary N) is 1. The van der Waals surface area contributed by atoms with E-state index in [9.17, 15) is 14.4 Å². The highest BCUT2D eigenvalue weighted by Crippen LogP contribution is 2.29. The van der Waals surface area contributed by atoms with E-state index in [0.717, 1.165) is 10.5 Å². The third-order valence-electron chi connectivity index (χ3n) is 4.78. The molecule has 0 atom stereocenters. The number of methoxy groups -OCH3 is 1. The van der Waals surface area contributed by atoms with Crippen LogP contribution in [0.2, 0.25) is 0 Å². The first-order valence-electron chi connectivity index (χ1n) is 9.03. The number of anilines is 2. The van der Waals surface area contributed by atoms with Crippen LogP contribution in [0.3, 0.4) is 0 Å². The van der Waals surface area contributed by atoms with Gasteiger partial charge in [0, 0.05) is 5.56 Å². The Labute approximate surface area is 167 Å². The predicted molar refractivity (Wildman–Crippen MR) is 110 cm³/mol. The minimum atomic E-state index is -0.368. The first kappa shape index (κ1) is 18.4. The summed E-state index contributed by atoms with van der Waals surface area (Å²) in [5.74, 6) is -0.492. The minimum absolute atomic E-state index is 0.317. The van der Waals surface area contributed by atoms with Crippen LogP contribution in [0.5, 0.6) is 5.75 Å². The SMILES string of the molecule is COc1ccc(C)cc1NC(=O)c1ccc(N2C(=O)c3ccccc3C2=O)cc1. The molecule has 1 heterocycles. The first-order chi connectivity index (χ1) is 14.0. The Morgan fingerprint density at radius 1 is 0.897 bits per heavy atom. The normalized spacial score (nSPS) is 12.7. The van der Waals surface area contributed by atoms with Crippen molar-refractivity contribution in [2.24, 2.45) is 0 Å². The smallest absolute Gasteiger partial charge is 0.266 e. The van der Waals surface area contributed by atoms with Crippen LogP contribution in [0.4, 0.5) is 11.4 Å². The maximum absolute atomic E-state index is 12.6. The molecule has 29 heavy (non-hydrogen) atoms. The summed E-state index contributed by atoms with van der Waals surface area (Å²) >= 11 is 0. The van der Waals surface area contributed by atoms with Crippen molar-refractivity contribution in [2.45, 2.75) is 6.92 Å². The molecule has 0 radical (unpaired) electrons. The Hall–Kier alpha value is -3.93. The molecule has 1 aliphatic heterocycles. The van der Waals surface area contributed by atoms with E-state index in [0.29, 0.717) is 33.8 Å². The molecule has 1 N–H and O–H groups in total. The molecule has 0 bridgehead atoms. The fourth-order valence-electron chi connectivity index (χ4n) is 3.30. The second kappa shape index (κ2) is 7.24. The number of carbonyl (C=O) groups is 3. The van der Waals surface area contributed by atoms with Gasteiger partial charge >= 0.3 is 0 Å². The number of hydrogen-bond acceptors (Lipinski definition) is 4. The zero-order valence-electron chi connectivity index (χ0n) is 15.9. The second-order valence-corrected chi connectivity index (χ2v) is 6.70. The van der Waals surface area contributed by atoms with E-state index in [4.69, 9.17) is 4.74 Å². The van der Waals surface area contributed by atoms with Crippen LogP contribution in [0, 0.1) is 6.92 Å². The van der Waals surface area contributed by atoms with E-state index in [1.807, 2.05) is 19.1 Å². The quantitative estimate of drug-likeness (QED) is 0.686. The van der Waals surface area contributed by atoms with Crippen LogP contribution in [0.1, 0.15) is 36.6 Å². The Bertz CT molecular complexity index is 1100. The van der Waals surface area contributed by atoms with E-state index in [1.54, 1.807) is 54.6 Å². The van der Waals surface area contributed by atoms with E-state index in [1.165, 1.54) is 7.11 Å². The van der Waals surface area contributed by atoms with Gasteiger partial charge in [-0.05, 0) is 61.0 Å². The number of hydrogen-bond donors (Lipinski definition) is 1. The summed E-state index contributed by atoms with van der Waals surface area (Å²) in [4.78, 5) is 38.9. The number of imide groups is 1. The van der Waals surface area contributed by atoms with Crippen molar-refractivity contribution in [3.8, 4) is 5.75 Å². The fourth-order valence-corrected chi connectivity index (χ4v) is 3.30. The molecule has 3 amide bonds. The molecule has 0 saturated carbocycles. The van der Waals surface area contributed by atoms with Crippen LogP contribution in [0.15, 0.2) is 66.7 Å².